The number of allylic oxidation sites excluding steroid dienone is 2. The Bertz CT molecular complexity index is 187. The van der Waals surface area contributed by atoms with E-state index < -0.39 is 0 Å². The van der Waals surface area contributed by atoms with Crippen LogP contribution in [0.2, 0.25) is 0 Å². The highest BCUT2D eigenvalue weighted by Gasteiger charge is 2.03. The largest absolute Gasteiger partial charge is 0.188 e. The minimum Gasteiger partial charge on any atom is -0.188 e. The van der Waals surface area contributed by atoms with Gasteiger partial charge in [0.1, 0.15) is 0 Å². The van der Waals surface area contributed by atoms with Crippen LogP contribution in [0.5, 0.6) is 0 Å². The van der Waals surface area contributed by atoms with Crippen LogP contribution in [0.4, 0.5) is 0 Å². The van der Waals surface area contributed by atoms with Crippen molar-refractivity contribution >= 4 is 15.9 Å². The lowest BCUT2D eigenvalue weighted by Gasteiger charge is -2.14. The van der Waals surface area contributed by atoms with E-state index in [1.54, 1.807) is 11.1 Å². The minimum atomic E-state index is 0.576. The molecule has 0 aliphatic carbocycles. The third kappa shape index (κ3) is 1.72. The molecular weight excluding hydrogens is 140 g/mol. The molecule has 1 atom stereocenters. The summed E-state index contributed by atoms with van der Waals surface area (Å²) in [5.74, 6) is 1.38. The normalized spacial score (nSPS) is 26.5. The fourth-order valence-electron chi connectivity index (χ4n) is 1.26. The summed E-state index contributed by atoms with van der Waals surface area (Å²) in [5.41, 5.74) is 3.23. The van der Waals surface area contributed by atoms with Gasteiger partial charge in [-0.3, -0.25) is 0 Å². The molecule has 1 aliphatic rings. The van der Waals surface area contributed by atoms with E-state index in [1.165, 1.54) is 18.6 Å². The van der Waals surface area contributed by atoms with Gasteiger partial charge in [-0.1, -0.05) is 12.5 Å². The summed E-state index contributed by atoms with van der Waals surface area (Å²) in [5, 5.41) is 2.46. The van der Waals surface area contributed by atoms with Crippen molar-refractivity contribution in [1.29, 1.82) is 0 Å². The smallest absolute Gasteiger partial charge is 0.00822 e. The maximum absolute atomic E-state index is 2.46. The zero-order valence-corrected chi connectivity index (χ0v) is 7.92. The monoisotopic (exact) mass is 156 g/mol. The highest BCUT2D eigenvalue weighted by atomic mass is 32.2. The van der Waals surface area contributed by atoms with Crippen LogP contribution in [0, 0.1) is 0 Å². The molecule has 0 saturated heterocycles. The van der Waals surface area contributed by atoms with Crippen LogP contribution in [0.15, 0.2) is 11.1 Å². The summed E-state index contributed by atoms with van der Waals surface area (Å²) < 4.78 is 0. The highest BCUT2D eigenvalue weighted by Crippen LogP contribution is 2.23. The highest BCUT2D eigenvalue weighted by molar-refractivity contribution is 8.14. The SMILES string of the molecule is CCC1=C(C)CCS(C)=C1. The van der Waals surface area contributed by atoms with E-state index >= 15 is 0 Å². The fraction of sp³-hybridized carbons (Fsp3) is 0.667. The van der Waals surface area contributed by atoms with E-state index in [1.807, 2.05) is 0 Å². The van der Waals surface area contributed by atoms with E-state index in [0.717, 1.165) is 0 Å². The van der Waals surface area contributed by atoms with Gasteiger partial charge in [0.2, 0.25) is 0 Å². The van der Waals surface area contributed by atoms with Gasteiger partial charge in [-0.25, -0.2) is 0 Å². The van der Waals surface area contributed by atoms with Gasteiger partial charge < -0.3 is 0 Å². The lowest BCUT2D eigenvalue weighted by molar-refractivity contribution is 1.04. The predicted octanol–water partition coefficient (Wildman–Crippen LogP) is 2.82. The van der Waals surface area contributed by atoms with E-state index in [-0.39, 0.29) is 0 Å². The first kappa shape index (κ1) is 8.06. The second-order valence-electron chi connectivity index (χ2n) is 2.92. The zero-order chi connectivity index (χ0) is 7.56. The van der Waals surface area contributed by atoms with Crippen LogP contribution < -0.4 is 0 Å². The second kappa shape index (κ2) is 3.38. The molecule has 0 spiro atoms. The topological polar surface area (TPSA) is 0 Å². The lowest BCUT2D eigenvalue weighted by Crippen LogP contribution is -1.99. The van der Waals surface area contributed by atoms with Gasteiger partial charge in [-0.05, 0) is 42.7 Å². The van der Waals surface area contributed by atoms with Gasteiger partial charge in [0, 0.05) is 0 Å². The zero-order valence-electron chi connectivity index (χ0n) is 7.11. The van der Waals surface area contributed by atoms with Crippen molar-refractivity contribution < 1.29 is 0 Å². The molecule has 0 amide bonds. The first-order valence-electron chi connectivity index (χ1n) is 3.89. The second-order valence-corrected chi connectivity index (χ2v) is 4.95. The summed E-state index contributed by atoms with van der Waals surface area (Å²) >= 11 is 0. The van der Waals surface area contributed by atoms with E-state index in [0.29, 0.717) is 10.5 Å². The van der Waals surface area contributed by atoms with Crippen molar-refractivity contribution in [3.8, 4) is 0 Å². The summed E-state index contributed by atoms with van der Waals surface area (Å²) in [6.45, 7) is 4.52. The van der Waals surface area contributed by atoms with Gasteiger partial charge in [0.05, 0.1) is 0 Å². The molecule has 0 nitrogen and oxygen atoms in total. The first-order chi connectivity index (χ1) is 4.74. The molecule has 1 aliphatic heterocycles. The standard InChI is InChI=1S/C9H16S/c1-4-9-7-10(3)6-5-8(9)2/h7H,4-6H2,1-3H3. The quantitative estimate of drug-likeness (QED) is 0.512. The Kier molecular flexibility index (Phi) is 2.72. The number of rotatable bonds is 1. The average molecular weight is 156 g/mol. The molecule has 0 fully saturated rings. The van der Waals surface area contributed by atoms with Crippen LogP contribution in [-0.4, -0.2) is 17.4 Å². The molecule has 1 heterocycles. The molecule has 0 bridgehead atoms. The third-order valence-corrected chi connectivity index (χ3v) is 3.61. The molecule has 10 heavy (non-hydrogen) atoms. The predicted molar refractivity (Wildman–Crippen MR) is 52.1 cm³/mol. The molecule has 1 heteroatoms. The molecule has 1 rings (SSSR count). The summed E-state index contributed by atoms with van der Waals surface area (Å²) in [7, 11) is 0.576. The van der Waals surface area contributed by atoms with Crippen LogP contribution >= 0.6 is 10.5 Å². The fourth-order valence-corrected chi connectivity index (χ4v) is 2.86. The maximum atomic E-state index is 2.46. The van der Waals surface area contributed by atoms with Gasteiger partial charge in [-0.15, -0.1) is 0 Å². The first-order valence-corrected chi connectivity index (χ1v) is 5.75. The van der Waals surface area contributed by atoms with Gasteiger partial charge in [-0.2, -0.15) is 10.5 Å². The molecule has 1 unspecified atom stereocenters. The Morgan fingerprint density at radius 2 is 2.30 bits per heavy atom. The average Bonchev–Trinajstić information content (AvgIpc) is 1.94. The van der Waals surface area contributed by atoms with E-state index in [4.69, 9.17) is 0 Å². The molecule has 58 valence electrons. The van der Waals surface area contributed by atoms with Crippen LogP contribution in [0.1, 0.15) is 26.7 Å². The van der Waals surface area contributed by atoms with Crippen molar-refractivity contribution in [2.45, 2.75) is 26.7 Å². The molecule has 0 aromatic heterocycles. The molecule has 0 aromatic rings. The maximum Gasteiger partial charge on any atom is -0.00822 e. The van der Waals surface area contributed by atoms with Gasteiger partial charge in [0.15, 0.2) is 0 Å². The van der Waals surface area contributed by atoms with E-state index in [9.17, 15) is 0 Å². The number of hydrogen-bond acceptors (Lipinski definition) is 0. The summed E-state index contributed by atoms with van der Waals surface area (Å²) in [6, 6.07) is 0. The molecule has 0 saturated carbocycles. The van der Waals surface area contributed by atoms with Crippen LogP contribution in [0.25, 0.3) is 0 Å². The summed E-state index contributed by atoms with van der Waals surface area (Å²) in [4.78, 5) is 0. The van der Waals surface area contributed by atoms with Gasteiger partial charge >= 0.3 is 0 Å². The van der Waals surface area contributed by atoms with Crippen molar-refractivity contribution in [1.82, 2.24) is 0 Å². The number of hydrogen-bond donors (Lipinski definition) is 0. The summed E-state index contributed by atoms with van der Waals surface area (Å²) in [6.07, 6.45) is 4.89. The van der Waals surface area contributed by atoms with Gasteiger partial charge in [0.25, 0.3) is 0 Å². The Balaban J connectivity index is 2.82. The van der Waals surface area contributed by atoms with Crippen molar-refractivity contribution in [3.63, 3.8) is 0 Å². The Hall–Kier alpha value is -0.0400. The van der Waals surface area contributed by atoms with Crippen molar-refractivity contribution in [3.05, 3.63) is 11.1 Å². The lowest BCUT2D eigenvalue weighted by atomic mass is 10.1. The third-order valence-electron chi connectivity index (χ3n) is 2.07. The Morgan fingerprint density at radius 3 is 2.80 bits per heavy atom. The minimum absolute atomic E-state index is 0.576. The Labute approximate surface area is 66.3 Å². The van der Waals surface area contributed by atoms with Crippen molar-refractivity contribution in [2.75, 3.05) is 12.0 Å². The molecular formula is C9H16S. The van der Waals surface area contributed by atoms with E-state index in [2.05, 4.69) is 25.5 Å². The van der Waals surface area contributed by atoms with Crippen LogP contribution in [-0.2, 0) is 0 Å². The van der Waals surface area contributed by atoms with Crippen LogP contribution in [0.3, 0.4) is 0 Å². The molecule has 0 aromatic carbocycles. The molecule has 0 radical (unpaired) electrons. The molecule has 0 N–H and O–H groups in total. The Morgan fingerprint density at radius 1 is 1.60 bits per heavy atom. The van der Waals surface area contributed by atoms with Crippen molar-refractivity contribution in [2.24, 2.45) is 0 Å².